The van der Waals surface area contributed by atoms with Crippen molar-refractivity contribution in [3.63, 3.8) is 0 Å². The maximum atomic E-state index is 9.76. The number of anilines is 1. The van der Waals surface area contributed by atoms with Crippen molar-refractivity contribution in [2.45, 2.75) is 45.1 Å². The molecule has 0 spiro atoms. The van der Waals surface area contributed by atoms with Gasteiger partial charge in [-0.1, -0.05) is 13.0 Å². The Morgan fingerprint density at radius 1 is 1.42 bits per heavy atom. The lowest BCUT2D eigenvalue weighted by molar-refractivity contribution is 0.155. The normalized spacial score (nSPS) is 26.7. The average Bonchev–Trinajstić information content (AvgIpc) is 2.43. The van der Waals surface area contributed by atoms with E-state index in [1.54, 1.807) is 0 Å². The van der Waals surface area contributed by atoms with Crippen LogP contribution >= 0.6 is 0 Å². The van der Waals surface area contributed by atoms with Crippen molar-refractivity contribution in [3.05, 3.63) is 29.3 Å². The number of aliphatic hydroxyl groups is 1. The average molecular weight is 258 g/mol. The maximum absolute atomic E-state index is 9.76. The molecule has 0 radical (unpaired) electrons. The first-order valence-electron chi connectivity index (χ1n) is 6.98. The lowest BCUT2D eigenvalue weighted by atomic mass is 9.77. The molecule has 0 aromatic heterocycles. The third-order valence-corrected chi connectivity index (χ3v) is 4.23. The number of aryl methyl sites for hydroxylation is 1. The van der Waals surface area contributed by atoms with Gasteiger partial charge in [0.05, 0.1) is 23.4 Å². The molecule has 3 nitrogen and oxygen atoms in total. The molecular formula is C16H22N2O. The lowest BCUT2D eigenvalue weighted by Gasteiger charge is -2.39. The SMILES string of the molecule is Cc1ccc(NC2(CO)CCC(C)CC2)c(C#N)c1. The summed E-state index contributed by atoms with van der Waals surface area (Å²) >= 11 is 0. The first-order chi connectivity index (χ1) is 9.08. The van der Waals surface area contributed by atoms with Gasteiger partial charge in [0.1, 0.15) is 6.07 Å². The fourth-order valence-electron chi connectivity index (χ4n) is 2.78. The molecule has 2 rings (SSSR count). The number of nitriles is 1. The van der Waals surface area contributed by atoms with Crippen molar-refractivity contribution < 1.29 is 5.11 Å². The molecule has 0 amide bonds. The minimum Gasteiger partial charge on any atom is -0.394 e. The second-order valence-electron chi connectivity index (χ2n) is 5.91. The van der Waals surface area contributed by atoms with Crippen molar-refractivity contribution in [2.24, 2.45) is 5.92 Å². The van der Waals surface area contributed by atoms with E-state index < -0.39 is 0 Å². The molecule has 0 unspecified atom stereocenters. The largest absolute Gasteiger partial charge is 0.394 e. The molecule has 0 aliphatic heterocycles. The van der Waals surface area contributed by atoms with Crippen LogP contribution in [0.15, 0.2) is 18.2 Å². The summed E-state index contributed by atoms with van der Waals surface area (Å²) in [4.78, 5) is 0. The molecule has 19 heavy (non-hydrogen) atoms. The van der Waals surface area contributed by atoms with Crippen molar-refractivity contribution in [2.75, 3.05) is 11.9 Å². The van der Waals surface area contributed by atoms with Gasteiger partial charge in [-0.25, -0.2) is 0 Å². The summed E-state index contributed by atoms with van der Waals surface area (Å²) in [7, 11) is 0. The van der Waals surface area contributed by atoms with E-state index in [2.05, 4.69) is 18.3 Å². The highest BCUT2D eigenvalue weighted by atomic mass is 16.3. The van der Waals surface area contributed by atoms with Crippen LogP contribution in [0.25, 0.3) is 0 Å². The van der Waals surface area contributed by atoms with E-state index in [4.69, 9.17) is 0 Å². The Morgan fingerprint density at radius 2 is 2.11 bits per heavy atom. The second-order valence-corrected chi connectivity index (χ2v) is 5.91. The van der Waals surface area contributed by atoms with Gasteiger partial charge >= 0.3 is 0 Å². The van der Waals surface area contributed by atoms with Crippen LogP contribution in [0.1, 0.15) is 43.7 Å². The van der Waals surface area contributed by atoms with Crippen LogP contribution in [-0.4, -0.2) is 17.3 Å². The summed E-state index contributed by atoms with van der Waals surface area (Å²) in [6.45, 7) is 4.36. The molecule has 102 valence electrons. The molecule has 1 aliphatic carbocycles. The first-order valence-corrected chi connectivity index (χ1v) is 6.98. The molecule has 0 saturated heterocycles. The predicted molar refractivity (Wildman–Crippen MR) is 77.0 cm³/mol. The van der Waals surface area contributed by atoms with Gasteiger partial charge in [0, 0.05) is 0 Å². The van der Waals surface area contributed by atoms with Crippen LogP contribution in [0.2, 0.25) is 0 Å². The van der Waals surface area contributed by atoms with E-state index >= 15 is 0 Å². The zero-order chi connectivity index (χ0) is 13.9. The third kappa shape index (κ3) is 3.08. The number of hydrogen-bond donors (Lipinski definition) is 2. The molecule has 0 bridgehead atoms. The Morgan fingerprint density at radius 3 is 2.68 bits per heavy atom. The maximum Gasteiger partial charge on any atom is 0.101 e. The summed E-state index contributed by atoms with van der Waals surface area (Å²) in [6, 6.07) is 8.07. The van der Waals surface area contributed by atoms with Gasteiger partial charge in [0.2, 0.25) is 0 Å². The molecule has 1 fully saturated rings. The number of aliphatic hydroxyl groups excluding tert-OH is 1. The molecular weight excluding hydrogens is 236 g/mol. The predicted octanol–water partition coefficient (Wildman–Crippen LogP) is 3.22. The second kappa shape index (κ2) is 5.63. The van der Waals surface area contributed by atoms with Crippen molar-refractivity contribution >= 4 is 5.69 Å². The Kier molecular flexibility index (Phi) is 4.11. The van der Waals surface area contributed by atoms with Crippen molar-refractivity contribution in [1.29, 1.82) is 5.26 Å². The van der Waals surface area contributed by atoms with Gasteiger partial charge in [-0.2, -0.15) is 5.26 Å². The van der Waals surface area contributed by atoms with E-state index in [0.29, 0.717) is 5.56 Å². The number of benzene rings is 1. The van der Waals surface area contributed by atoms with Gasteiger partial charge in [-0.15, -0.1) is 0 Å². The summed E-state index contributed by atoms with van der Waals surface area (Å²) in [5.41, 5.74) is 2.33. The highest BCUT2D eigenvalue weighted by molar-refractivity contribution is 5.60. The van der Waals surface area contributed by atoms with Gasteiger partial charge in [0.25, 0.3) is 0 Å². The molecule has 0 heterocycles. The van der Waals surface area contributed by atoms with E-state index in [9.17, 15) is 10.4 Å². The Bertz CT molecular complexity index is 482. The number of hydrogen-bond acceptors (Lipinski definition) is 3. The Labute approximate surface area is 115 Å². The summed E-state index contributed by atoms with van der Waals surface area (Å²) in [5.74, 6) is 0.731. The van der Waals surface area contributed by atoms with E-state index in [1.165, 1.54) is 0 Å². The van der Waals surface area contributed by atoms with Gasteiger partial charge in [-0.05, 0) is 56.2 Å². The van der Waals surface area contributed by atoms with E-state index in [-0.39, 0.29) is 12.1 Å². The van der Waals surface area contributed by atoms with Crippen LogP contribution in [0, 0.1) is 24.2 Å². The summed E-state index contributed by atoms with van der Waals surface area (Å²) in [5, 5.41) is 22.4. The smallest absolute Gasteiger partial charge is 0.101 e. The van der Waals surface area contributed by atoms with Crippen LogP contribution in [0.5, 0.6) is 0 Å². The highest BCUT2D eigenvalue weighted by Crippen LogP contribution is 2.35. The van der Waals surface area contributed by atoms with Crippen molar-refractivity contribution in [3.8, 4) is 6.07 Å². The monoisotopic (exact) mass is 258 g/mol. The first kappa shape index (κ1) is 13.9. The van der Waals surface area contributed by atoms with E-state index in [1.807, 2.05) is 25.1 Å². The minimum atomic E-state index is -0.257. The van der Waals surface area contributed by atoms with Crippen molar-refractivity contribution in [1.82, 2.24) is 0 Å². The fourth-order valence-corrected chi connectivity index (χ4v) is 2.78. The zero-order valence-corrected chi connectivity index (χ0v) is 11.7. The van der Waals surface area contributed by atoms with Gasteiger partial charge < -0.3 is 10.4 Å². The highest BCUT2D eigenvalue weighted by Gasteiger charge is 2.33. The Hall–Kier alpha value is -1.53. The van der Waals surface area contributed by atoms with Crippen LogP contribution < -0.4 is 5.32 Å². The molecule has 1 aliphatic rings. The number of rotatable bonds is 3. The molecule has 1 aromatic carbocycles. The quantitative estimate of drug-likeness (QED) is 0.875. The summed E-state index contributed by atoms with van der Waals surface area (Å²) in [6.07, 6.45) is 4.18. The van der Waals surface area contributed by atoms with Gasteiger partial charge in [0.15, 0.2) is 0 Å². The molecule has 2 N–H and O–H groups in total. The van der Waals surface area contributed by atoms with Crippen LogP contribution in [-0.2, 0) is 0 Å². The fraction of sp³-hybridized carbons (Fsp3) is 0.562. The molecule has 1 saturated carbocycles. The number of nitrogens with zero attached hydrogens (tertiary/aromatic N) is 1. The van der Waals surface area contributed by atoms with Gasteiger partial charge in [-0.3, -0.25) is 0 Å². The topological polar surface area (TPSA) is 56.0 Å². The van der Waals surface area contributed by atoms with E-state index in [0.717, 1.165) is 42.9 Å². The summed E-state index contributed by atoms with van der Waals surface area (Å²) < 4.78 is 0. The van der Waals surface area contributed by atoms with Crippen LogP contribution in [0.4, 0.5) is 5.69 Å². The molecule has 1 aromatic rings. The Balaban J connectivity index is 2.21. The lowest BCUT2D eigenvalue weighted by Crippen LogP contribution is -2.45. The molecule has 0 atom stereocenters. The third-order valence-electron chi connectivity index (χ3n) is 4.23. The van der Waals surface area contributed by atoms with Crippen LogP contribution in [0.3, 0.4) is 0 Å². The number of nitrogens with one attached hydrogen (secondary N) is 1. The molecule has 3 heteroatoms. The zero-order valence-electron chi connectivity index (χ0n) is 11.7. The minimum absolute atomic E-state index is 0.123. The standard InChI is InChI=1S/C16H22N2O/c1-12-5-7-16(11-19,8-6-12)18-15-4-3-13(2)9-14(15)10-17/h3-4,9,12,18-19H,5-8,11H2,1-2H3.